The molecule has 4 bridgehead atoms. The van der Waals surface area contributed by atoms with E-state index in [2.05, 4.69) is 64.0 Å². The molecule has 10 atom stereocenters. The average Bonchev–Trinajstić information content (AvgIpc) is 3.57. The van der Waals surface area contributed by atoms with Crippen LogP contribution in [0.25, 0.3) is 0 Å². The zero-order chi connectivity index (χ0) is 35.0. The lowest BCUT2D eigenvalue weighted by Crippen LogP contribution is -2.63. The van der Waals surface area contributed by atoms with Crippen molar-refractivity contribution >= 4 is 18.5 Å². The van der Waals surface area contributed by atoms with Crippen molar-refractivity contribution in [3.05, 3.63) is 35.4 Å². The molecular formula is C38H62N6O5. The minimum atomic E-state index is -1.33. The number of carboxylic acids is 1. The summed E-state index contributed by atoms with van der Waals surface area (Å²) in [4.78, 5) is 30.8. The minimum Gasteiger partial charge on any atom is -0.481 e. The number of carbonyl (C=O) groups excluding carboxylic acids is 1. The van der Waals surface area contributed by atoms with Gasteiger partial charge in [0, 0.05) is 55.4 Å². The Balaban J connectivity index is 1.38. The van der Waals surface area contributed by atoms with Crippen LogP contribution in [-0.2, 0) is 22.4 Å². The molecule has 0 aromatic heterocycles. The molecule has 0 saturated carbocycles. The van der Waals surface area contributed by atoms with Gasteiger partial charge in [0.15, 0.2) is 0 Å². The van der Waals surface area contributed by atoms with Crippen LogP contribution < -0.4 is 21.7 Å². The Morgan fingerprint density at radius 1 is 1.16 bits per heavy atom. The van der Waals surface area contributed by atoms with Crippen molar-refractivity contribution in [1.82, 2.24) is 20.9 Å². The molecule has 2 saturated heterocycles. The van der Waals surface area contributed by atoms with E-state index < -0.39 is 17.7 Å². The molecule has 8 N–H and O–H groups in total. The van der Waals surface area contributed by atoms with E-state index in [0.29, 0.717) is 38.3 Å². The normalized spacial score (nSPS) is 37.5. The first-order valence-corrected chi connectivity index (χ1v) is 18.8. The van der Waals surface area contributed by atoms with Crippen LogP contribution in [0.3, 0.4) is 0 Å². The number of carboxylic acid groups (broad SMARTS) is 1. The van der Waals surface area contributed by atoms with Crippen LogP contribution in [0.2, 0.25) is 0 Å². The van der Waals surface area contributed by atoms with E-state index in [1.165, 1.54) is 11.1 Å². The third kappa shape index (κ3) is 10.9. The van der Waals surface area contributed by atoms with E-state index in [1.807, 2.05) is 6.21 Å². The first kappa shape index (κ1) is 38.0. The number of aliphatic imine (C=N–C) groups is 1. The lowest BCUT2D eigenvalue weighted by molar-refractivity contribution is -0.143. The van der Waals surface area contributed by atoms with Crippen molar-refractivity contribution in [3.8, 4) is 0 Å². The molecule has 0 aliphatic carbocycles. The predicted octanol–water partition coefficient (Wildman–Crippen LogP) is 2.75. The highest BCUT2D eigenvalue weighted by Gasteiger charge is 2.41. The summed E-state index contributed by atoms with van der Waals surface area (Å²) in [5, 5.41) is 42.8. The second kappa shape index (κ2) is 17.3. The Hall–Kier alpha value is -2.25. The molecule has 11 nitrogen and oxygen atoms in total. The van der Waals surface area contributed by atoms with Gasteiger partial charge in [-0.15, -0.1) is 0 Å². The van der Waals surface area contributed by atoms with Crippen LogP contribution in [0, 0.1) is 11.8 Å². The van der Waals surface area contributed by atoms with Crippen molar-refractivity contribution < 1.29 is 24.9 Å². The molecular weight excluding hydrogens is 620 g/mol. The molecule has 1 aromatic carbocycles. The quantitative estimate of drug-likeness (QED) is 0.202. The summed E-state index contributed by atoms with van der Waals surface area (Å²) in [6.45, 7) is 5.84. The number of hydrogen-bond acceptors (Lipinski definition) is 10. The SMILES string of the molecule is C[C@@H]1N[C@H](C[C@H](CC=O)[C@H]2CCCCCC[C@@](O)(CC(=O)O)CN[C@@]3(C)C[C@H](Cc4cccc(c4)C2)N[C@H](N)C3)[C@@H](N2CC=NC2)C[C@H]1O. The predicted molar refractivity (Wildman–Crippen MR) is 192 cm³/mol. The Morgan fingerprint density at radius 3 is 2.67 bits per heavy atom. The summed E-state index contributed by atoms with van der Waals surface area (Å²) in [6, 6.07) is 9.31. The number of rotatable bonds is 8. The summed E-state index contributed by atoms with van der Waals surface area (Å²) < 4.78 is 0. The molecule has 4 heterocycles. The van der Waals surface area contributed by atoms with Gasteiger partial charge < -0.3 is 36.5 Å². The van der Waals surface area contributed by atoms with Gasteiger partial charge in [0.05, 0.1) is 31.0 Å². The maximum atomic E-state index is 12.2. The van der Waals surface area contributed by atoms with Crippen LogP contribution >= 0.6 is 0 Å². The first-order chi connectivity index (χ1) is 23.4. The molecule has 49 heavy (non-hydrogen) atoms. The number of benzene rings is 1. The third-order valence-electron chi connectivity index (χ3n) is 11.9. The average molecular weight is 683 g/mol. The van der Waals surface area contributed by atoms with Gasteiger partial charge in [-0.25, -0.2) is 0 Å². The Bertz CT molecular complexity index is 1260. The minimum absolute atomic E-state index is 0.0121. The van der Waals surface area contributed by atoms with E-state index in [1.54, 1.807) is 0 Å². The first-order valence-electron chi connectivity index (χ1n) is 18.8. The molecule has 11 heteroatoms. The Kier molecular flexibility index (Phi) is 13.4. The molecule has 0 unspecified atom stereocenters. The number of aliphatic hydroxyl groups is 2. The fourth-order valence-corrected chi connectivity index (χ4v) is 9.26. The van der Waals surface area contributed by atoms with Gasteiger partial charge in [-0.2, -0.15) is 0 Å². The monoisotopic (exact) mass is 682 g/mol. The van der Waals surface area contributed by atoms with Gasteiger partial charge in [-0.05, 0) is 88.2 Å². The Labute approximate surface area is 292 Å². The van der Waals surface area contributed by atoms with Crippen molar-refractivity contribution in [2.24, 2.45) is 22.6 Å². The number of fused-ring (bicyclic) bond motifs is 4. The molecule has 1 aromatic rings. The van der Waals surface area contributed by atoms with Crippen LogP contribution in [0.4, 0.5) is 0 Å². The van der Waals surface area contributed by atoms with Crippen LogP contribution in [-0.4, -0.2) is 106 Å². The number of nitrogens with zero attached hydrogens (tertiary/aromatic N) is 2. The zero-order valence-corrected chi connectivity index (χ0v) is 29.7. The molecule has 0 spiro atoms. The van der Waals surface area contributed by atoms with Gasteiger partial charge in [-0.3, -0.25) is 20.0 Å². The molecule has 0 radical (unpaired) electrons. The molecule has 4 aliphatic heterocycles. The van der Waals surface area contributed by atoms with E-state index in [9.17, 15) is 24.9 Å². The van der Waals surface area contributed by atoms with Crippen LogP contribution in [0.1, 0.15) is 102 Å². The number of nitrogens with one attached hydrogen (secondary N) is 3. The van der Waals surface area contributed by atoms with Gasteiger partial charge in [0.25, 0.3) is 0 Å². The Morgan fingerprint density at radius 2 is 1.94 bits per heavy atom. The standard InChI is InChI=1S/C38H62N6O5/c1-26-34(46)20-33(44-14-13-40-25-44)32(42-26)19-30(11-15-45)29-10-5-3-4-6-12-38(49,23-36(47)48)24-41-37(2)21-31(43-35(39)22-37)18-28-9-7-8-27(16-28)17-29/h7-9,13,15-16,26,29-35,41-43,46,49H,3-6,10-12,14,17-25,39H2,1-2H3,(H,47,48)/t26-,29-,30-,31-,32+,33-,34+,35-,37-,38+/m0/s1. The van der Waals surface area contributed by atoms with Gasteiger partial charge >= 0.3 is 5.97 Å². The van der Waals surface area contributed by atoms with Crippen molar-refractivity contribution in [1.29, 1.82) is 0 Å². The van der Waals surface area contributed by atoms with Crippen LogP contribution in [0.15, 0.2) is 29.3 Å². The second-order valence-electron chi connectivity index (χ2n) is 16.1. The maximum absolute atomic E-state index is 12.2. The smallest absolute Gasteiger partial charge is 0.306 e. The number of hydrogen-bond donors (Lipinski definition) is 7. The molecule has 5 rings (SSSR count). The molecule has 4 aliphatic rings. The highest BCUT2D eigenvalue weighted by Crippen LogP contribution is 2.34. The maximum Gasteiger partial charge on any atom is 0.306 e. The fourth-order valence-electron chi connectivity index (χ4n) is 9.26. The highest BCUT2D eigenvalue weighted by atomic mass is 16.4. The van der Waals surface area contributed by atoms with Gasteiger partial charge in [0.2, 0.25) is 0 Å². The molecule has 0 amide bonds. The summed E-state index contributed by atoms with van der Waals surface area (Å²) in [6.07, 6.45) is 12.5. The highest BCUT2D eigenvalue weighted by molar-refractivity contribution is 5.68. The summed E-state index contributed by atoms with van der Waals surface area (Å²) in [7, 11) is 0. The van der Waals surface area contributed by atoms with E-state index in [0.717, 1.165) is 70.6 Å². The number of nitrogens with two attached hydrogens (primary N) is 1. The van der Waals surface area contributed by atoms with E-state index in [4.69, 9.17) is 5.73 Å². The van der Waals surface area contributed by atoms with Crippen molar-refractivity contribution in [2.75, 3.05) is 19.8 Å². The van der Waals surface area contributed by atoms with Crippen molar-refractivity contribution in [3.63, 3.8) is 0 Å². The number of carbonyl (C=O) groups is 2. The number of aldehydes is 1. The van der Waals surface area contributed by atoms with E-state index in [-0.39, 0.29) is 54.8 Å². The van der Waals surface area contributed by atoms with Crippen LogP contribution in [0.5, 0.6) is 0 Å². The summed E-state index contributed by atoms with van der Waals surface area (Å²) in [5.74, 6) is -0.504. The second-order valence-corrected chi connectivity index (χ2v) is 16.1. The summed E-state index contributed by atoms with van der Waals surface area (Å²) in [5.41, 5.74) is 7.39. The largest absolute Gasteiger partial charge is 0.481 e. The van der Waals surface area contributed by atoms with Crippen molar-refractivity contribution in [2.45, 2.75) is 151 Å². The zero-order valence-electron chi connectivity index (χ0n) is 29.7. The number of β-amino-alcohol motifs (C(OH)–C–C–N with tert-alkyl or cyclic N) is 1. The topological polar surface area (TPSA) is 173 Å². The molecule has 2 fully saturated rings. The fraction of sp³-hybridized carbons (Fsp3) is 0.763. The molecule has 274 valence electrons. The van der Waals surface area contributed by atoms with E-state index >= 15 is 0 Å². The lowest BCUT2D eigenvalue weighted by Gasteiger charge is -2.45. The van der Waals surface area contributed by atoms with Gasteiger partial charge in [-0.1, -0.05) is 49.9 Å². The lowest BCUT2D eigenvalue weighted by atomic mass is 9.75. The third-order valence-corrected chi connectivity index (χ3v) is 11.9. The summed E-state index contributed by atoms with van der Waals surface area (Å²) >= 11 is 0. The number of aliphatic hydroxyl groups excluding tert-OH is 1. The van der Waals surface area contributed by atoms with Gasteiger partial charge in [0.1, 0.15) is 6.29 Å². The number of piperidine rings is 2. The number of aliphatic carboxylic acids is 1.